The van der Waals surface area contributed by atoms with Gasteiger partial charge in [0.15, 0.2) is 0 Å². The van der Waals surface area contributed by atoms with Crippen molar-refractivity contribution in [3.63, 3.8) is 0 Å². The second-order valence-electron chi connectivity index (χ2n) is 2.66. The zero-order valence-corrected chi connectivity index (χ0v) is 9.01. The Hall–Kier alpha value is -1.06. The molecule has 0 aliphatic heterocycles. The van der Waals surface area contributed by atoms with E-state index in [0.29, 0.717) is 0 Å². The number of rotatable bonds is 3. The molecule has 14 heavy (non-hydrogen) atoms. The van der Waals surface area contributed by atoms with Crippen LogP contribution in [0, 0.1) is 0 Å². The van der Waals surface area contributed by atoms with Crippen molar-refractivity contribution in [1.29, 1.82) is 0 Å². The number of hydrogen-bond acceptors (Lipinski definition) is 3. The molecule has 0 saturated carbocycles. The molecule has 0 radical (unpaired) electrons. The summed E-state index contributed by atoms with van der Waals surface area (Å²) in [5, 5.41) is 2.89. The van der Waals surface area contributed by atoms with Crippen LogP contribution < -0.4 is 5.32 Å². The normalized spacial score (nSPS) is 11.3. The van der Waals surface area contributed by atoms with Gasteiger partial charge in [-0.3, -0.25) is 0 Å². The van der Waals surface area contributed by atoms with Gasteiger partial charge >= 0.3 is 5.97 Å². The summed E-state index contributed by atoms with van der Waals surface area (Å²) < 4.78 is 4.66. The minimum Gasteiger partial charge on any atom is -0.468 e. The van der Waals surface area contributed by atoms with Gasteiger partial charge in [0, 0.05) is 0 Å². The van der Waals surface area contributed by atoms with E-state index in [2.05, 4.69) is 10.1 Å². The van der Waals surface area contributed by atoms with Crippen molar-refractivity contribution in [1.82, 2.24) is 5.32 Å². The molecule has 3 nitrogen and oxygen atoms in total. The van der Waals surface area contributed by atoms with Crippen LogP contribution in [0.15, 0.2) is 30.3 Å². The fourth-order valence-electron chi connectivity index (χ4n) is 1.18. The topological polar surface area (TPSA) is 38.3 Å². The summed E-state index contributed by atoms with van der Waals surface area (Å²) in [6, 6.07) is 9.10. The molecule has 1 aromatic carbocycles. The molecule has 0 saturated heterocycles. The van der Waals surface area contributed by atoms with Gasteiger partial charge in [0.05, 0.1) is 7.11 Å². The molecule has 0 bridgehead atoms. The molecule has 1 atom stereocenters. The Morgan fingerprint density at radius 1 is 1.36 bits per heavy atom. The first-order valence-electron chi connectivity index (χ1n) is 4.09. The summed E-state index contributed by atoms with van der Waals surface area (Å²) in [5.74, 6) is -0.270. The highest BCUT2D eigenvalue weighted by Crippen LogP contribution is 2.12. The third kappa shape index (κ3) is 3.01. The summed E-state index contributed by atoms with van der Waals surface area (Å²) in [6.07, 6.45) is 0. The monoisotopic (exact) mass is 215 g/mol. The van der Waals surface area contributed by atoms with Crippen LogP contribution in [0.25, 0.3) is 0 Å². The van der Waals surface area contributed by atoms with Gasteiger partial charge in [0.2, 0.25) is 0 Å². The van der Waals surface area contributed by atoms with Gasteiger partial charge in [-0.05, 0) is 12.6 Å². The largest absolute Gasteiger partial charge is 0.468 e. The average molecular weight is 216 g/mol. The first-order valence-corrected chi connectivity index (χ1v) is 4.09. The zero-order chi connectivity index (χ0) is 9.68. The Labute approximate surface area is 89.9 Å². The van der Waals surface area contributed by atoms with Crippen LogP contribution in [0.3, 0.4) is 0 Å². The quantitative estimate of drug-likeness (QED) is 0.778. The van der Waals surface area contributed by atoms with Gasteiger partial charge in [-0.25, -0.2) is 4.79 Å². The highest BCUT2D eigenvalue weighted by molar-refractivity contribution is 5.85. The predicted molar refractivity (Wildman–Crippen MR) is 57.5 cm³/mol. The number of hydrogen-bond donors (Lipinski definition) is 1. The van der Waals surface area contributed by atoms with Gasteiger partial charge in [-0.15, -0.1) is 12.4 Å². The molecule has 0 aromatic heterocycles. The molecule has 0 unspecified atom stereocenters. The van der Waals surface area contributed by atoms with E-state index in [-0.39, 0.29) is 24.4 Å². The number of esters is 1. The second-order valence-corrected chi connectivity index (χ2v) is 2.66. The Bertz CT molecular complexity index is 277. The van der Waals surface area contributed by atoms with Crippen LogP contribution in [0.2, 0.25) is 0 Å². The minimum atomic E-state index is -0.369. The first kappa shape index (κ1) is 12.9. The lowest BCUT2D eigenvalue weighted by atomic mass is 10.1. The number of ether oxygens (including phenoxy) is 1. The molecule has 4 heteroatoms. The molecule has 78 valence electrons. The lowest BCUT2D eigenvalue weighted by molar-refractivity contribution is -0.143. The SMILES string of the molecule is CN[C@@H](C(=O)OC)c1ccccc1.Cl. The van der Waals surface area contributed by atoms with E-state index in [1.165, 1.54) is 7.11 Å². The zero-order valence-electron chi connectivity index (χ0n) is 8.19. The van der Waals surface area contributed by atoms with Gasteiger partial charge in [0.25, 0.3) is 0 Å². The van der Waals surface area contributed by atoms with E-state index in [1.54, 1.807) is 7.05 Å². The fraction of sp³-hybridized carbons (Fsp3) is 0.300. The van der Waals surface area contributed by atoms with Crippen LogP contribution in [0.4, 0.5) is 0 Å². The van der Waals surface area contributed by atoms with Crippen molar-refractivity contribution >= 4 is 18.4 Å². The molecule has 0 heterocycles. The van der Waals surface area contributed by atoms with Crippen LogP contribution in [-0.2, 0) is 9.53 Å². The second kappa shape index (κ2) is 6.40. The molecule has 0 amide bonds. The van der Waals surface area contributed by atoms with Crippen LogP contribution in [-0.4, -0.2) is 20.1 Å². The van der Waals surface area contributed by atoms with Crippen LogP contribution in [0.1, 0.15) is 11.6 Å². The summed E-state index contributed by atoms with van der Waals surface area (Å²) in [4.78, 5) is 11.3. The molecule has 1 aromatic rings. The lowest BCUT2D eigenvalue weighted by Gasteiger charge is -2.13. The van der Waals surface area contributed by atoms with Crippen molar-refractivity contribution in [2.75, 3.05) is 14.2 Å². The smallest absolute Gasteiger partial charge is 0.327 e. The van der Waals surface area contributed by atoms with Crippen LogP contribution >= 0.6 is 12.4 Å². The van der Waals surface area contributed by atoms with Crippen LogP contribution in [0.5, 0.6) is 0 Å². The van der Waals surface area contributed by atoms with Crippen molar-refractivity contribution in [3.05, 3.63) is 35.9 Å². The van der Waals surface area contributed by atoms with E-state index in [4.69, 9.17) is 0 Å². The van der Waals surface area contributed by atoms with Crippen molar-refractivity contribution in [3.8, 4) is 0 Å². The number of carbonyl (C=O) groups excluding carboxylic acids is 1. The van der Waals surface area contributed by atoms with Crippen molar-refractivity contribution < 1.29 is 9.53 Å². The van der Waals surface area contributed by atoms with Gasteiger partial charge in [-0.2, -0.15) is 0 Å². The van der Waals surface area contributed by atoms with E-state index in [0.717, 1.165) is 5.56 Å². The Morgan fingerprint density at radius 3 is 2.36 bits per heavy atom. The summed E-state index contributed by atoms with van der Waals surface area (Å²) in [6.45, 7) is 0. The molecule has 1 rings (SSSR count). The highest BCUT2D eigenvalue weighted by Gasteiger charge is 2.17. The van der Waals surface area contributed by atoms with Gasteiger partial charge < -0.3 is 10.1 Å². The Balaban J connectivity index is 0.00000169. The molecular formula is C10H14ClNO2. The maximum Gasteiger partial charge on any atom is 0.327 e. The standard InChI is InChI=1S/C10H13NO2.ClH/c1-11-9(10(12)13-2)8-6-4-3-5-7-8;/h3-7,9,11H,1-2H3;1H/t9-;/m1./s1. The van der Waals surface area contributed by atoms with Gasteiger partial charge in [0.1, 0.15) is 6.04 Å². The number of methoxy groups -OCH3 is 1. The predicted octanol–water partition coefficient (Wildman–Crippen LogP) is 1.54. The molecule has 0 aliphatic rings. The highest BCUT2D eigenvalue weighted by atomic mass is 35.5. The fourth-order valence-corrected chi connectivity index (χ4v) is 1.18. The van der Waals surface area contributed by atoms with Gasteiger partial charge in [-0.1, -0.05) is 30.3 Å². The third-order valence-corrected chi connectivity index (χ3v) is 1.86. The Kier molecular flexibility index (Phi) is 5.92. The number of halogens is 1. The third-order valence-electron chi connectivity index (χ3n) is 1.86. The van der Waals surface area contributed by atoms with E-state index >= 15 is 0 Å². The van der Waals surface area contributed by atoms with E-state index in [9.17, 15) is 4.79 Å². The molecular weight excluding hydrogens is 202 g/mol. The average Bonchev–Trinajstić information content (AvgIpc) is 2.20. The van der Waals surface area contributed by atoms with Crippen molar-refractivity contribution in [2.45, 2.75) is 6.04 Å². The first-order chi connectivity index (χ1) is 6.29. The molecule has 0 aliphatic carbocycles. The summed E-state index contributed by atoms with van der Waals surface area (Å²) in [5.41, 5.74) is 0.914. The van der Waals surface area contributed by atoms with E-state index < -0.39 is 0 Å². The summed E-state index contributed by atoms with van der Waals surface area (Å²) >= 11 is 0. The van der Waals surface area contributed by atoms with Crippen molar-refractivity contribution in [2.24, 2.45) is 0 Å². The number of benzene rings is 1. The minimum absolute atomic E-state index is 0. The molecule has 0 spiro atoms. The number of carbonyl (C=O) groups is 1. The maximum atomic E-state index is 11.3. The summed E-state index contributed by atoms with van der Waals surface area (Å²) in [7, 11) is 3.12. The number of likely N-dealkylation sites (N-methyl/N-ethyl adjacent to an activating group) is 1. The maximum absolute atomic E-state index is 11.3. The lowest BCUT2D eigenvalue weighted by Crippen LogP contribution is -2.26. The van der Waals surface area contributed by atoms with E-state index in [1.807, 2.05) is 30.3 Å². The number of nitrogens with one attached hydrogen (secondary N) is 1. The Morgan fingerprint density at radius 2 is 1.93 bits per heavy atom. The molecule has 0 fully saturated rings. The molecule has 1 N–H and O–H groups in total.